The summed E-state index contributed by atoms with van der Waals surface area (Å²) in [5.74, 6) is -0.400. The number of hydrogen-bond donors (Lipinski definition) is 1. The number of likely N-dealkylation sites (N-methyl/N-ethyl adjacent to an activating group) is 1. The predicted molar refractivity (Wildman–Crippen MR) is 102 cm³/mol. The molecule has 0 atom stereocenters. The summed E-state index contributed by atoms with van der Waals surface area (Å²) in [6, 6.07) is 10.9. The standard InChI is InChI=1S/C18H18F3N3O5S/c1-2-23(12-13-6-4-3-5-7-13)17(25)11-22-15-9-8-14(10-16(15)24(26)27)30(28,29)18(19,20)21/h3-10,22H,2,11-12H2,1H3. The number of anilines is 1. The van der Waals surface area contributed by atoms with Crippen LogP contribution in [0.3, 0.4) is 0 Å². The third kappa shape index (κ3) is 5.26. The number of hydrogen-bond acceptors (Lipinski definition) is 6. The zero-order chi connectivity index (χ0) is 22.5. The molecule has 0 saturated heterocycles. The van der Waals surface area contributed by atoms with Gasteiger partial charge in [-0.1, -0.05) is 30.3 Å². The topological polar surface area (TPSA) is 110 Å². The highest BCUT2D eigenvalue weighted by Gasteiger charge is 2.47. The summed E-state index contributed by atoms with van der Waals surface area (Å²) in [5.41, 5.74) is -5.88. The first-order valence-corrected chi connectivity index (χ1v) is 10.1. The molecule has 1 N–H and O–H groups in total. The number of halogens is 3. The largest absolute Gasteiger partial charge is 0.501 e. The molecular formula is C18H18F3N3O5S. The zero-order valence-electron chi connectivity index (χ0n) is 15.7. The van der Waals surface area contributed by atoms with Crippen molar-refractivity contribution in [3.05, 3.63) is 64.2 Å². The molecule has 2 rings (SSSR count). The van der Waals surface area contributed by atoms with Crippen molar-refractivity contribution in [3.8, 4) is 0 Å². The number of nitro groups is 1. The summed E-state index contributed by atoms with van der Waals surface area (Å²) in [6.45, 7) is 2.05. The van der Waals surface area contributed by atoms with E-state index in [-0.39, 0.29) is 12.2 Å². The van der Waals surface area contributed by atoms with Crippen molar-refractivity contribution in [2.75, 3.05) is 18.4 Å². The van der Waals surface area contributed by atoms with Gasteiger partial charge in [0.25, 0.3) is 15.5 Å². The van der Waals surface area contributed by atoms with Crippen LogP contribution in [0.4, 0.5) is 24.5 Å². The van der Waals surface area contributed by atoms with Crippen LogP contribution in [0.15, 0.2) is 53.4 Å². The Morgan fingerprint density at radius 3 is 2.33 bits per heavy atom. The van der Waals surface area contributed by atoms with E-state index in [2.05, 4.69) is 5.32 Å². The molecule has 0 aliphatic carbocycles. The van der Waals surface area contributed by atoms with Crippen LogP contribution in [0.5, 0.6) is 0 Å². The van der Waals surface area contributed by atoms with Crippen molar-refractivity contribution < 1.29 is 31.3 Å². The minimum Gasteiger partial charge on any atom is -0.371 e. The first kappa shape index (κ1) is 23.1. The average Bonchev–Trinajstić information content (AvgIpc) is 2.69. The third-order valence-electron chi connectivity index (χ3n) is 4.16. The molecule has 162 valence electrons. The molecule has 0 aliphatic heterocycles. The number of nitro benzene ring substituents is 1. The molecular weight excluding hydrogens is 427 g/mol. The van der Waals surface area contributed by atoms with Gasteiger partial charge in [-0.2, -0.15) is 13.2 Å². The van der Waals surface area contributed by atoms with E-state index in [0.29, 0.717) is 25.2 Å². The maximum atomic E-state index is 12.7. The molecule has 0 aliphatic rings. The Bertz CT molecular complexity index is 1030. The lowest BCUT2D eigenvalue weighted by molar-refractivity contribution is -0.384. The molecule has 0 unspecified atom stereocenters. The number of sulfone groups is 1. The number of nitrogens with one attached hydrogen (secondary N) is 1. The monoisotopic (exact) mass is 445 g/mol. The number of carbonyl (C=O) groups excluding carboxylic acids is 1. The minimum absolute atomic E-state index is 0.273. The maximum Gasteiger partial charge on any atom is 0.501 e. The third-order valence-corrected chi connectivity index (χ3v) is 5.65. The summed E-state index contributed by atoms with van der Waals surface area (Å²) >= 11 is 0. The van der Waals surface area contributed by atoms with Gasteiger partial charge in [0.2, 0.25) is 5.91 Å². The van der Waals surface area contributed by atoms with Crippen molar-refractivity contribution in [2.24, 2.45) is 0 Å². The highest BCUT2D eigenvalue weighted by molar-refractivity contribution is 7.92. The van der Waals surface area contributed by atoms with Crippen molar-refractivity contribution >= 4 is 27.1 Å². The highest BCUT2D eigenvalue weighted by atomic mass is 32.2. The van der Waals surface area contributed by atoms with Crippen LogP contribution in [0.25, 0.3) is 0 Å². The summed E-state index contributed by atoms with van der Waals surface area (Å²) < 4.78 is 61.0. The number of nitrogens with zero attached hydrogens (tertiary/aromatic N) is 2. The van der Waals surface area contributed by atoms with E-state index in [4.69, 9.17) is 0 Å². The fourth-order valence-electron chi connectivity index (χ4n) is 2.58. The number of amides is 1. The Morgan fingerprint density at radius 2 is 1.80 bits per heavy atom. The summed E-state index contributed by atoms with van der Waals surface area (Å²) in [5, 5.41) is 13.7. The van der Waals surface area contributed by atoms with Gasteiger partial charge in [-0.3, -0.25) is 14.9 Å². The van der Waals surface area contributed by atoms with Crippen molar-refractivity contribution in [2.45, 2.75) is 23.9 Å². The van der Waals surface area contributed by atoms with Gasteiger partial charge in [-0.05, 0) is 24.6 Å². The lowest BCUT2D eigenvalue weighted by Crippen LogP contribution is -2.35. The molecule has 0 spiro atoms. The van der Waals surface area contributed by atoms with Crippen LogP contribution in [0.2, 0.25) is 0 Å². The Balaban J connectivity index is 2.19. The molecule has 0 saturated carbocycles. The molecule has 0 fully saturated rings. The molecule has 0 bridgehead atoms. The van der Waals surface area contributed by atoms with E-state index in [0.717, 1.165) is 11.6 Å². The van der Waals surface area contributed by atoms with E-state index in [1.165, 1.54) is 4.90 Å². The second-order valence-corrected chi connectivity index (χ2v) is 8.07. The van der Waals surface area contributed by atoms with Gasteiger partial charge in [0.15, 0.2) is 0 Å². The van der Waals surface area contributed by atoms with Gasteiger partial charge in [0, 0.05) is 19.2 Å². The van der Waals surface area contributed by atoms with E-state index in [9.17, 15) is 36.5 Å². The van der Waals surface area contributed by atoms with Crippen LogP contribution in [-0.2, 0) is 21.2 Å². The highest BCUT2D eigenvalue weighted by Crippen LogP contribution is 2.34. The van der Waals surface area contributed by atoms with Crippen LogP contribution in [-0.4, -0.2) is 42.7 Å². The number of carbonyl (C=O) groups is 1. The average molecular weight is 445 g/mol. The summed E-state index contributed by atoms with van der Waals surface area (Å²) in [7, 11) is -5.74. The van der Waals surface area contributed by atoms with E-state index < -0.39 is 36.8 Å². The fourth-order valence-corrected chi connectivity index (χ4v) is 3.36. The lowest BCUT2D eigenvalue weighted by atomic mass is 10.2. The second-order valence-electron chi connectivity index (χ2n) is 6.13. The molecule has 0 heterocycles. The minimum atomic E-state index is -5.74. The van der Waals surface area contributed by atoms with E-state index in [1.807, 2.05) is 30.3 Å². The van der Waals surface area contributed by atoms with Crippen LogP contribution < -0.4 is 5.32 Å². The van der Waals surface area contributed by atoms with Gasteiger partial charge in [-0.25, -0.2) is 8.42 Å². The van der Waals surface area contributed by atoms with Crippen LogP contribution >= 0.6 is 0 Å². The fraction of sp³-hybridized carbons (Fsp3) is 0.278. The Labute approximate surface area is 170 Å². The van der Waals surface area contributed by atoms with Gasteiger partial charge in [0.05, 0.1) is 16.4 Å². The van der Waals surface area contributed by atoms with E-state index in [1.54, 1.807) is 6.92 Å². The SMILES string of the molecule is CCN(Cc1ccccc1)C(=O)CNc1ccc(S(=O)(=O)C(F)(F)F)cc1[N+](=O)[O-]. The molecule has 8 nitrogen and oxygen atoms in total. The Kier molecular flexibility index (Phi) is 7.03. The summed E-state index contributed by atoms with van der Waals surface area (Å²) in [4.78, 5) is 22.9. The number of benzene rings is 2. The van der Waals surface area contributed by atoms with Gasteiger partial charge >= 0.3 is 5.51 Å². The quantitative estimate of drug-likeness (QED) is 0.493. The Hall–Kier alpha value is -3.15. The van der Waals surface area contributed by atoms with Crippen molar-refractivity contribution in [1.29, 1.82) is 0 Å². The lowest BCUT2D eigenvalue weighted by Gasteiger charge is -2.21. The van der Waals surface area contributed by atoms with Crippen molar-refractivity contribution in [1.82, 2.24) is 4.90 Å². The molecule has 1 amide bonds. The number of alkyl halides is 3. The van der Waals surface area contributed by atoms with Crippen LogP contribution in [0, 0.1) is 10.1 Å². The molecule has 30 heavy (non-hydrogen) atoms. The molecule has 0 radical (unpaired) electrons. The molecule has 12 heteroatoms. The van der Waals surface area contributed by atoms with Gasteiger partial charge in [0.1, 0.15) is 5.69 Å². The van der Waals surface area contributed by atoms with Gasteiger partial charge < -0.3 is 10.2 Å². The molecule has 0 aromatic heterocycles. The second kappa shape index (κ2) is 9.11. The first-order valence-electron chi connectivity index (χ1n) is 8.62. The maximum absolute atomic E-state index is 12.7. The van der Waals surface area contributed by atoms with Gasteiger partial charge in [-0.15, -0.1) is 0 Å². The normalized spacial score (nSPS) is 11.7. The van der Waals surface area contributed by atoms with E-state index >= 15 is 0 Å². The molecule has 2 aromatic rings. The summed E-state index contributed by atoms with van der Waals surface area (Å²) in [6.07, 6.45) is 0. The first-order chi connectivity index (χ1) is 14.0. The Morgan fingerprint density at radius 1 is 1.17 bits per heavy atom. The van der Waals surface area contributed by atoms with Crippen LogP contribution in [0.1, 0.15) is 12.5 Å². The smallest absolute Gasteiger partial charge is 0.371 e. The zero-order valence-corrected chi connectivity index (χ0v) is 16.5. The predicted octanol–water partition coefficient (Wildman–Crippen LogP) is 3.35. The van der Waals surface area contributed by atoms with Crippen molar-refractivity contribution in [3.63, 3.8) is 0 Å². The number of rotatable bonds is 8. The molecule has 2 aromatic carbocycles.